The molecule has 2 nitrogen and oxygen atoms in total. The van der Waals surface area contributed by atoms with Crippen LogP contribution in [0.3, 0.4) is 0 Å². The number of nitrogens with one attached hydrogen (secondary N) is 1. The van der Waals surface area contributed by atoms with Gasteiger partial charge in [-0.05, 0) is 60.0 Å². The van der Waals surface area contributed by atoms with Crippen LogP contribution in [-0.2, 0) is 11.8 Å². The summed E-state index contributed by atoms with van der Waals surface area (Å²) in [5.74, 6) is 0. The summed E-state index contributed by atoms with van der Waals surface area (Å²) in [4.78, 5) is 4.07. The van der Waals surface area contributed by atoms with E-state index in [4.69, 9.17) is 0 Å². The number of pyridine rings is 1. The molecule has 1 aromatic carbocycles. The SMILES string of the molecule is CC1(C)CCC(NCCc2ccncc2)c2ccccc21. The minimum atomic E-state index is 0.305. The lowest BCUT2D eigenvalue weighted by atomic mass is 9.71. The zero-order valence-electron chi connectivity index (χ0n) is 13.0. The van der Waals surface area contributed by atoms with E-state index in [9.17, 15) is 0 Å². The van der Waals surface area contributed by atoms with Crippen LogP contribution in [0.15, 0.2) is 48.8 Å². The van der Waals surface area contributed by atoms with Gasteiger partial charge < -0.3 is 5.32 Å². The molecule has 1 unspecified atom stereocenters. The molecular weight excluding hydrogens is 256 g/mol. The van der Waals surface area contributed by atoms with E-state index in [1.165, 1.54) is 29.5 Å². The Labute approximate surface area is 127 Å². The Morgan fingerprint density at radius 2 is 1.90 bits per heavy atom. The van der Waals surface area contributed by atoms with Gasteiger partial charge in [-0.1, -0.05) is 38.1 Å². The molecule has 1 aromatic heterocycles. The second-order valence-electron chi connectivity index (χ2n) is 6.62. The van der Waals surface area contributed by atoms with Crippen LogP contribution < -0.4 is 5.32 Å². The quantitative estimate of drug-likeness (QED) is 0.914. The van der Waals surface area contributed by atoms with Crippen molar-refractivity contribution in [3.05, 3.63) is 65.5 Å². The first-order chi connectivity index (χ1) is 10.2. The van der Waals surface area contributed by atoms with Crippen LogP contribution >= 0.6 is 0 Å². The number of hydrogen-bond donors (Lipinski definition) is 1. The highest BCUT2D eigenvalue weighted by atomic mass is 14.9. The molecule has 0 fully saturated rings. The van der Waals surface area contributed by atoms with Gasteiger partial charge >= 0.3 is 0 Å². The average Bonchev–Trinajstić information content (AvgIpc) is 2.51. The number of benzene rings is 1. The summed E-state index contributed by atoms with van der Waals surface area (Å²) in [6, 6.07) is 13.6. The van der Waals surface area contributed by atoms with Crippen molar-refractivity contribution in [2.45, 2.75) is 44.6 Å². The monoisotopic (exact) mass is 280 g/mol. The third-order valence-corrected chi connectivity index (χ3v) is 4.68. The van der Waals surface area contributed by atoms with Gasteiger partial charge in [-0.2, -0.15) is 0 Å². The zero-order valence-corrected chi connectivity index (χ0v) is 13.0. The lowest BCUT2D eigenvalue weighted by molar-refractivity contribution is 0.359. The van der Waals surface area contributed by atoms with Crippen molar-refractivity contribution in [3.8, 4) is 0 Å². The molecule has 0 saturated carbocycles. The highest BCUT2D eigenvalue weighted by molar-refractivity contribution is 5.38. The molecule has 0 saturated heterocycles. The topological polar surface area (TPSA) is 24.9 Å². The largest absolute Gasteiger partial charge is 0.310 e. The van der Waals surface area contributed by atoms with E-state index in [1.54, 1.807) is 0 Å². The van der Waals surface area contributed by atoms with Crippen molar-refractivity contribution in [2.75, 3.05) is 6.54 Å². The lowest BCUT2D eigenvalue weighted by Gasteiger charge is -2.37. The number of rotatable bonds is 4. The number of nitrogens with zero attached hydrogens (tertiary/aromatic N) is 1. The first kappa shape index (κ1) is 14.3. The molecule has 1 atom stereocenters. The molecule has 1 heterocycles. The van der Waals surface area contributed by atoms with Gasteiger partial charge in [0, 0.05) is 18.4 Å². The zero-order chi connectivity index (χ0) is 14.7. The summed E-state index contributed by atoms with van der Waals surface area (Å²) in [5, 5.41) is 3.74. The molecule has 2 heteroatoms. The molecule has 3 rings (SSSR count). The van der Waals surface area contributed by atoms with Gasteiger partial charge in [0.15, 0.2) is 0 Å². The Bertz CT molecular complexity index is 590. The molecule has 110 valence electrons. The summed E-state index contributed by atoms with van der Waals surface area (Å²) >= 11 is 0. The van der Waals surface area contributed by atoms with Crippen LogP contribution in [0.25, 0.3) is 0 Å². The van der Waals surface area contributed by atoms with E-state index >= 15 is 0 Å². The molecular formula is C19H24N2. The Morgan fingerprint density at radius 1 is 1.14 bits per heavy atom. The second kappa shape index (κ2) is 5.98. The second-order valence-corrected chi connectivity index (χ2v) is 6.62. The van der Waals surface area contributed by atoms with Crippen LogP contribution in [0.1, 0.15) is 49.4 Å². The van der Waals surface area contributed by atoms with Gasteiger partial charge in [-0.25, -0.2) is 0 Å². The summed E-state index contributed by atoms with van der Waals surface area (Å²) in [5.41, 5.74) is 4.66. The molecule has 0 spiro atoms. The van der Waals surface area contributed by atoms with Crippen molar-refractivity contribution >= 4 is 0 Å². The van der Waals surface area contributed by atoms with Crippen LogP contribution in [0.5, 0.6) is 0 Å². The normalized spacial score (nSPS) is 20.0. The minimum Gasteiger partial charge on any atom is -0.310 e. The standard InChI is InChI=1S/C19H24N2/c1-19(2)11-7-18(16-5-3-4-6-17(16)19)21-14-10-15-8-12-20-13-9-15/h3-6,8-9,12-13,18,21H,7,10-11,14H2,1-2H3. The maximum Gasteiger partial charge on any atom is 0.0323 e. The van der Waals surface area contributed by atoms with Crippen molar-refractivity contribution in [3.63, 3.8) is 0 Å². The summed E-state index contributed by atoms with van der Waals surface area (Å²) in [7, 11) is 0. The molecule has 1 aliphatic carbocycles. The fraction of sp³-hybridized carbons (Fsp3) is 0.421. The molecule has 0 amide bonds. The highest BCUT2D eigenvalue weighted by Crippen LogP contribution is 2.41. The van der Waals surface area contributed by atoms with E-state index in [-0.39, 0.29) is 0 Å². The Morgan fingerprint density at radius 3 is 2.71 bits per heavy atom. The predicted molar refractivity (Wildman–Crippen MR) is 87.4 cm³/mol. The fourth-order valence-electron chi connectivity index (χ4n) is 3.36. The number of fused-ring (bicyclic) bond motifs is 1. The summed E-state index contributed by atoms with van der Waals surface area (Å²) in [6.45, 7) is 5.74. The van der Waals surface area contributed by atoms with Crippen LogP contribution in [0, 0.1) is 0 Å². The number of hydrogen-bond acceptors (Lipinski definition) is 2. The van der Waals surface area contributed by atoms with Crippen molar-refractivity contribution in [1.29, 1.82) is 0 Å². The highest BCUT2D eigenvalue weighted by Gasteiger charge is 2.31. The summed E-state index contributed by atoms with van der Waals surface area (Å²) < 4.78 is 0. The van der Waals surface area contributed by atoms with E-state index < -0.39 is 0 Å². The van der Waals surface area contributed by atoms with Crippen molar-refractivity contribution in [2.24, 2.45) is 0 Å². The summed E-state index contributed by atoms with van der Waals surface area (Å²) in [6.07, 6.45) is 7.27. The molecule has 0 radical (unpaired) electrons. The third-order valence-electron chi connectivity index (χ3n) is 4.68. The van der Waals surface area contributed by atoms with Gasteiger partial charge in [0.25, 0.3) is 0 Å². The van der Waals surface area contributed by atoms with Gasteiger partial charge in [0.2, 0.25) is 0 Å². The first-order valence-electron chi connectivity index (χ1n) is 7.88. The predicted octanol–water partition coefficient (Wildman–Crippen LogP) is 4.03. The molecule has 2 aromatic rings. The van der Waals surface area contributed by atoms with Crippen LogP contribution in [0.2, 0.25) is 0 Å². The van der Waals surface area contributed by atoms with E-state index in [0.29, 0.717) is 11.5 Å². The van der Waals surface area contributed by atoms with Gasteiger partial charge in [0.1, 0.15) is 0 Å². The third kappa shape index (κ3) is 3.16. The minimum absolute atomic E-state index is 0.305. The molecule has 1 N–H and O–H groups in total. The maximum absolute atomic E-state index is 4.07. The smallest absolute Gasteiger partial charge is 0.0323 e. The fourth-order valence-corrected chi connectivity index (χ4v) is 3.36. The molecule has 21 heavy (non-hydrogen) atoms. The van der Waals surface area contributed by atoms with Gasteiger partial charge in [0.05, 0.1) is 0 Å². The van der Waals surface area contributed by atoms with E-state index in [2.05, 4.69) is 60.5 Å². The molecule has 0 bridgehead atoms. The van der Waals surface area contributed by atoms with Gasteiger partial charge in [-0.15, -0.1) is 0 Å². The van der Waals surface area contributed by atoms with E-state index in [1.807, 2.05) is 12.4 Å². The van der Waals surface area contributed by atoms with Crippen LogP contribution in [-0.4, -0.2) is 11.5 Å². The van der Waals surface area contributed by atoms with Crippen LogP contribution in [0.4, 0.5) is 0 Å². The number of aromatic nitrogens is 1. The Balaban J connectivity index is 1.67. The van der Waals surface area contributed by atoms with Crippen molar-refractivity contribution < 1.29 is 0 Å². The molecule has 0 aliphatic heterocycles. The first-order valence-corrected chi connectivity index (χ1v) is 7.88. The average molecular weight is 280 g/mol. The molecule has 1 aliphatic rings. The lowest BCUT2D eigenvalue weighted by Crippen LogP contribution is -2.33. The van der Waals surface area contributed by atoms with Gasteiger partial charge in [-0.3, -0.25) is 4.98 Å². The Hall–Kier alpha value is -1.67. The maximum atomic E-state index is 4.07. The van der Waals surface area contributed by atoms with Crippen molar-refractivity contribution in [1.82, 2.24) is 10.3 Å². The van der Waals surface area contributed by atoms with E-state index in [0.717, 1.165) is 13.0 Å². The Kier molecular flexibility index (Phi) is 4.07.